The van der Waals surface area contributed by atoms with Crippen molar-refractivity contribution in [2.45, 2.75) is 32.7 Å². The lowest BCUT2D eigenvalue weighted by molar-refractivity contribution is 0.0752. The monoisotopic (exact) mass is 287 g/mol. The fourth-order valence-corrected chi connectivity index (χ4v) is 3.43. The summed E-state index contributed by atoms with van der Waals surface area (Å²) in [7, 11) is 0. The molecule has 0 aliphatic carbocycles. The van der Waals surface area contributed by atoms with Gasteiger partial charge in [0.2, 0.25) is 0 Å². The van der Waals surface area contributed by atoms with E-state index < -0.39 is 0 Å². The van der Waals surface area contributed by atoms with Gasteiger partial charge in [-0.3, -0.25) is 4.79 Å². The number of carbonyl (C=O) groups excluding carboxylic acids is 1. The van der Waals surface area contributed by atoms with Crippen molar-refractivity contribution in [3.63, 3.8) is 0 Å². The molecule has 2 rings (SSSR count). The third-order valence-corrected chi connectivity index (χ3v) is 5.01. The minimum atomic E-state index is 0.193. The van der Waals surface area contributed by atoms with Crippen molar-refractivity contribution < 1.29 is 4.79 Å². The Labute approximate surface area is 102 Å². The van der Waals surface area contributed by atoms with Crippen LogP contribution in [0.5, 0.6) is 0 Å². The van der Waals surface area contributed by atoms with Crippen molar-refractivity contribution in [2.24, 2.45) is 0 Å². The van der Waals surface area contributed by atoms with Crippen molar-refractivity contribution in [3.8, 4) is 0 Å². The van der Waals surface area contributed by atoms with Gasteiger partial charge in [0.05, 0.1) is 8.66 Å². The number of likely N-dealkylation sites (tertiary alicyclic amines) is 1. The van der Waals surface area contributed by atoms with E-state index in [0.29, 0.717) is 6.04 Å². The quantitative estimate of drug-likeness (QED) is 0.775. The van der Waals surface area contributed by atoms with Gasteiger partial charge in [-0.05, 0) is 54.2 Å². The number of thiophene rings is 1. The number of amides is 1. The maximum absolute atomic E-state index is 12.1. The maximum atomic E-state index is 12.1. The van der Waals surface area contributed by atoms with Crippen LogP contribution in [0.15, 0.2) is 9.85 Å². The Morgan fingerprint density at radius 2 is 2.40 bits per heavy atom. The number of nitrogens with zero attached hydrogens (tertiary/aromatic N) is 1. The molecular formula is C11H14BrNOS. The SMILES string of the molecule is Cc1cc(C(=O)N2CCCC2C)sc1Br. The molecule has 1 atom stereocenters. The van der Waals surface area contributed by atoms with Crippen LogP contribution in [0.25, 0.3) is 0 Å². The van der Waals surface area contributed by atoms with Gasteiger partial charge in [0.25, 0.3) is 5.91 Å². The van der Waals surface area contributed by atoms with Gasteiger partial charge in [0.1, 0.15) is 0 Å². The van der Waals surface area contributed by atoms with Crippen LogP contribution in [-0.2, 0) is 0 Å². The first-order valence-corrected chi connectivity index (χ1v) is 6.77. The van der Waals surface area contributed by atoms with Crippen molar-refractivity contribution in [3.05, 3.63) is 20.3 Å². The van der Waals surface area contributed by atoms with Crippen LogP contribution in [0.3, 0.4) is 0 Å². The van der Waals surface area contributed by atoms with Crippen molar-refractivity contribution in [1.29, 1.82) is 0 Å². The zero-order valence-electron chi connectivity index (χ0n) is 8.92. The van der Waals surface area contributed by atoms with Crippen molar-refractivity contribution in [2.75, 3.05) is 6.54 Å². The lowest BCUT2D eigenvalue weighted by atomic mass is 10.2. The van der Waals surface area contributed by atoms with Gasteiger partial charge < -0.3 is 4.90 Å². The largest absolute Gasteiger partial charge is 0.335 e. The van der Waals surface area contributed by atoms with E-state index in [2.05, 4.69) is 22.9 Å². The molecule has 15 heavy (non-hydrogen) atoms. The molecule has 1 unspecified atom stereocenters. The number of carbonyl (C=O) groups is 1. The van der Waals surface area contributed by atoms with E-state index >= 15 is 0 Å². The van der Waals surface area contributed by atoms with Crippen LogP contribution in [0.1, 0.15) is 35.0 Å². The predicted molar refractivity (Wildman–Crippen MR) is 66.5 cm³/mol. The molecule has 82 valence electrons. The molecule has 0 aromatic carbocycles. The Morgan fingerprint density at radius 3 is 2.87 bits per heavy atom. The summed E-state index contributed by atoms with van der Waals surface area (Å²) in [4.78, 5) is 15.0. The molecule has 1 aliphatic heterocycles. The predicted octanol–water partition coefficient (Wildman–Crippen LogP) is 3.44. The minimum absolute atomic E-state index is 0.193. The summed E-state index contributed by atoms with van der Waals surface area (Å²) >= 11 is 4.99. The smallest absolute Gasteiger partial charge is 0.264 e. The van der Waals surface area contributed by atoms with Gasteiger partial charge in [-0.15, -0.1) is 11.3 Å². The van der Waals surface area contributed by atoms with Gasteiger partial charge in [0, 0.05) is 12.6 Å². The number of aryl methyl sites for hydroxylation is 1. The van der Waals surface area contributed by atoms with Crippen molar-refractivity contribution >= 4 is 33.2 Å². The summed E-state index contributed by atoms with van der Waals surface area (Å²) in [6.07, 6.45) is 2.27. The molecule has 1 fully saturated rings. The Kier molecular flexibility index (Phi) is 3.16. The fourth-order valence-electron chi connectivity index (χ4n) is 1.94. The van der Waals surface area contributed by atoms with E-state index in [-0.39, 0.29) is 5.91 Å². The number of rotatable bonds is 1. The zero-order valence-corrected chi connectivity index (χ0v) is 11.3. The molecule has 0 saturated carbocycles. The summed E-state index contributed by atoms with van der Waals surface area (Å²) in [5.74, 6) is 0.193. The van der Waals surface area contributed by atoms with E-state index in [4.69, 9.17) is 0 Å². The summed E-state index contributed by atoms with van der Waals surface area (Å²) in [5, 5.41) is 0. The fraction of sp³-hybridized carbons (Fsp3) is 0.545. The van der Waals surface area contributed by atoms with E-state index in [1.165, 1.54) is 11.3 Å². The Balaban J connectivity index is 2.20. The molecule has 1 aromatic heterocycles. The molecule has 4 heteroatoms. The first-order chi connectivity index (χ1) is 7.09. The molecule has 1 aromatic rings. The number of hydrogen-bond acceptors (Lipinski definition) is 2. The van der Waals surface area contributed by atoms with Gasteiger partial charge in [0.15, 0.2) is 0 Å². The molecule has 2 heterocycles. The average molecular weight is 288 g/mol. The molecule has 0 N–H and O–H groups in total. The Bertz CT molecular complexity index is 368. The van der Waals surface area contributed by atoms with Gasteiger partial charge in [-0.25, -0.2) is 0 Å². The van der Waals surface area contributed by atoms with Crippen LogP contribution in [0.2, 0.25) is 0 Å². The van der Waals surface area contributed by atoms with Crippen LogP contribution in [0, 0.1) is 6.92 Å². The normalized spacial score (nSPS) is 21.0. The molecule has 0 spiro atoms. The van der Waals surface area contributed by atoms with Gasteiger partial charge in [-0.1, -0.05) is 0 Å². The topological polar surface area (TPSA) is 20.3 Å². The van der Waals surface area contributed by atoms with Crippen LogP contribution in [0.4, 0.5) is 0 Å². The second-order valence-corrected chi connectivity index (χ2v) is 6.43. The van der Waals surface area contributed by atoms with E-state index in [0.717, 1.165) is 33.6 Å². The van der Waals surface area contributed by atoms with Gasteiger partial charge >= 0.3 is 0 Å². The number of halogens is 1. The highest BCUT2D eigenvalue weighted by Gasteiger charge is 2.27. The highest BCUT2D eigenvalue weighted by Crippen LogP contribution is 2.30. The lowest BCUT2D eigenvalue weighted by Crippen LogP contribution is -2.33. The second kappa shape index (κ2) is 4.26. The summed E-state index contributed by atoms with van der Waals surface area (Å²) < 4.78 is 1.07. The molecule has 0 bridgehead atoms. The Hall–Kier alpha value is -0.350. The van der Waals surface area contributed by atoms with E-state index in [1.807, 2.05) is 17.9 Å². The number of hydrogen-bond donors (Lipinski definition) is 0. The second-order valence-electron chi connectivity index (χ2n) is 4.06. The van der Waals surface area contributed by atoms with Crippen molar-refractivity contribution in [1.82, 2.24) is 4.90 Å². The molecular weight excluding hydrogens is 274 g/mol. The summed E-state index contributed by atoms with van der Waals surface area (Å²) in [6.45, 7) is 5.06. The standard InChI is InChI=1S/C11H14BrNOS/c1-7-6-9(15-10(7)12)11(14)13-5-3-4-8(13)2/h6,8H,3-5H2,1-2H3. The Morgan fingerprint density at radius 1 is 1.67 bits per heavy atom. The van der Waals surface area contributed by atoms with E-state index in [1.54, 1.807) is 0 Å². The lowest BCUT2D eigenvalue weighted by Gasteiger charge is -2.20. The first-order valence-electron chi connectivity index (χ1n) is 5.16. The highest BCUT2D eigenvalue weighted by atomic mass is 79.9. The van der Waals surface area contributed by atoms with E-state index in [9.17, 15) is 4.79 Å². The molecule has 1 saturated heterocycles. The molecule has 1 aliphatic rings. The third-order valence-electron chi connectivity index (χ3n) is 2.88. The average Bonchev–Trinajstić information content (AvgIpc) is 2.74. The van der Waals surface area contributed by atoms with Crippen LogP contribution in [-0.4, -0.2) is 23.4 Å². The zero-order chi connectivity index (χ0) is 11.0. The maximum Gasteiger partial charge on any atom is 0.264 e. The minimum Gasteiger partial charge on any atom is -0.335 e. The third kappa shape index (κ3) is 2.11. The first kappa shape index (κ1) is 11.1. The van der Waals surface area contributed by atoms with Gasteiger partial charge in [-0.2, -0.15) is 0 Å². The summed E-state index contributed by atoms with van der Waals surface area (Å²) in [6, 6.07) is 2.38. The summed E-state index contributed by atoms with van der Waals surface area (Å²) in [5.41, 5.74) is 1.15. The van der Waals surface area contributed by atoms with Crippen LogP contribution >= 0.6 is 27.3 Å². The molecule has 0 radical (unpaired) electrons. The molecule has 2 nitrogen and oxygen atoms in total. The molecule has 1 amide bonds. The highest BCUT2D eigenvalue weighted by molar-refractivity contribution is 9.11. The van der Waals surface area contributed by atoms with Crippen LogP contribution < -0.4 is 0 Å².